The highest BCUT2D eigenvalue weighted by atomic mass is 32.2. The number of hydrogen-bond donors (Lipinski definition) is 3. The molecule has 1 aliphatic heterocycles. The highest BCUT2D eigenvalue weighted by molar-refractivity contribution is 7.89. The lowest BCUT2D eigenvalue weighted by Gasteiger charge is -2.14. The van der Waals surface area contributed by atoms with Gasteiger partial charge in [0.25, 0.3) is 0 Å². The molecule has 1 fully saturated rings. The first-order valence-electron chi connectivity index (χ1n) is 9.25. The van der Waals surface area contributed by atoms with E-state index in [0.717, 1.165) is 29.4 Å². The Morgan fingerprint density at radius 2 is 2.22 bits per heavy atom. The molecule has 27 heavy (non-hydrogen) atoms. The first-order valence-corrected chi connectivity index (χ1v) is 10.9. The Bertz CT molecular complexity index is 910. The second-order valence-electron chi connectivity index (χ2n) is 6.51. The molecule has 0 saturated carbocycles. The van der Waals surface area contributed by atoms with Crippen LogP contribution < -0.4 is 10.6 Å². The third-order valence-corrected chi connectivity index (χ3v) is 6.54. The average molecular weight is 396 g/mol. The van der Waals surface area contributed by atoms with Crippen LogP contribution in [0.25, 0.3) is 10.9 Å². The molecule has 9 heteroatoms. The smallest absolute Gasteiger partial charge is 0.214 e. The summed E-state index contributed by atoms with van der Waals surface area (Å²) in [5.74, 6) is 0.652. The molecule has 0 radical (unpaired) electrons. The molecule has 2 aromatic rings. The van der Waals surface area contributed by atoms with Crippen molar-refractivity contribution >= 4 is 26.9 Å². The quantitative estimate of drug-likeness (QED) is 0.489. The van der Waals surface area contributed by atoms with Crippen molar-refractivity contribution in [3.63, 3.8) is 0 Å². The molecule has 0 atom stereocenters. The number of sulfonamides is 1. The summed E-state index contributed by atoms with van der Waals surface area (Å²) in [6, 6.07) is 4.74. The maximum atomic E-state index is 13.3. The van der Waals surface area contributed by atoms with Gasteiger partial charge in [-0.25, -0.2) is 17.1 Å². The topological polar surface area (TPSA) is 89.6 Å². The zero-order valence-electron chi connectivity index (χ0n) is 15.5. The van der Waals surface area contributed by atoms with E-state index in [2.05, 4.69) is 20.6 Å². The van der Waals surface area contributed by atoms with Crippen molar-refractivity contribution in [2.24, 2.45) is 4.99 Å². The summed E-state index contributed by atoms with van der Waals surface area (Å²) < 4.78 is 38.4. The fourth-order valence-electron chi connectivity index (χ4n) is 3.24. The molecular formula is C18H26FN5O2S. The van der Waals surface area contributed by atoms with Gasteiger partial charge >= 0.3 is 0 Å². The Balaban J connectivity index is 1.53. The van der Waals surface area contributed by atoms with E-state index in [1.165, 1.54) is 16.4 Å². The fourth-order valence-corrected chi connectivity index (χ4v) is 4.76. The van der Waals surface area contributed by atoms with Gasteiger partial charge in [0.1, 0.15) is 5.82 Å². The lowest BCUT2D eigenvalue weighted by Crippen LogP contribution is -2.39. The summed E-state index contributed by atoms with van der Waals surface area (Å²) >= 11 is 0. The van der Waals surface area contributed by atoms with Gasteiger partial charge in [0, 0.05) is 43.3 Å². The number of H-pyrrole nitrogens is 1. The predicted octanol–water partition coefficient (Wildman–Crippen LogP) is 1.44. The van der Waals surface area contributed by atoms with E-state index in [0.29, 0.717) is 38.6 Å². The molecule has 3 rings (SSSR count). The first-order chi connectivity index (χ1) is 13.0. The number of guanidine groups is 1. The van der Waals surface area contributed by atoms with Crippen LogP contribution in [-0.2, 0) is 16.4 Å². The van der Waals surface area contributed by atoms with Crippen molar-refractivity contribution in [3.8, 4) is 0 Å². The summed E-state index contributed by atoms with van der Waals surface area (Å²) in [6.45, 7) is 4.78. The van der Waals surface area contributed by atoms with Crippen LogP contribution >= 0.6 is 0 Å². The van der Waals surface area contributed by atoms with E-state index in [4.69, 9.17) is 0 Å². The molecule has 148 valence electrons. The Hall–Kier alpha value is -2.13. The van der Waals surface area contributed by atoms with Gasteiger partial charge in [0.05, 0.1) is 12.3 Å². The van der Waals surface area contributed by atoms with Crippen LogP contribution in [0.3, 0.4) is 0 Å². The predicted molar refractivity (Wildman–Crippen MR) is 106 cm³/mol. The molecule has 0 unspecified atom stereocenters. The van der Waals surface area contributed by atoms with E-state index in [1.807, 2.05) is 13.1 Å². The molecule has 1 aromatic heterocycles. The largest absolute Gasteiger partial charge is 0.361 e. The number of fused-ring (bicyclic) bond motifs is 1. The van der Waals surface area contributed by atoms with Crippen LogP contribution in [0.15, 0.2) is 29.4 Å². The molecular weight excluding hydrogens is 369 g/mol. The van der Waals surface area contributed by atoms with E-state index in [1.54, 1.807) is 6.07 Å². The molecule has 2 heterocycles. The molecule has 0 spiro atoms. The van der Waals surface area contributed by atoms with Gasteiger partial charge in [0.15, 0.2) is 5.96 Å². The summed E-state index contributed by atoms with van der Waals surface area (Å²) in [4.78, 5) is 7.56. The highest BCUT2D eigenvalue weighted by Crippen LogP contribution is 2.19. The zero-order valence-corrected chi connectivity index (χ0v) is 16.3. The Labute approximate surface area is 159 Å². The fraction of sp³-hybridized carbons (Fsp3) is 0.500. The summed E-state index contributed by atoms with van der Waals surface area (Å²) in [6.07, 6.45) is 3.35. The molecule has 0 bridgehead atoms. The van der Waals surface area contributed by atoms with E-state index in [-0.39, 0.29) is 11.6 Å². The van der Waals surface area contributed by atoms with Crippen molar-refractivity contribution in [1.82, 2.24) is 19.9 Å². The number of nitrogens with zero attached hydrogens (tertiary/aromatic N) is 2. The lowest BCUT2D eigenvalue weighted by atomic mass is 10.1. The number of halogens is 1. The van der Waals surface area contributed by atoms with Crippen LogP contribution in [0.2, 0.25) is 0 Å². The minimum atomic E-state index is -3.07. The van der Waals surface area contributed by atoms with Gasteiger partial charge in [-0.05, 0) is 43.5 Å². The molecule has 7 nitrogen and oxygen atoms in total. The first kappa shape index (κ1) is 19.6. The van der Waals surface area contributed by atoms with Crippen LogP contribution in [0.1, 0.15) is 18.9 Å². The zero-order chi connectivity index (χ0) is 19.3. The number of hydrogen-bond acceptors (Lipinski definition) is 3. The van der Waals surface area contributed by atoms with Gasteiger partial charge in [-0.1, -0.05) is 0 Å². The molecule has 1 aromatic carbocycles. The number of aromatic nitrogens is 1. The van der Waals surface area contributed by atoms with Gasteiger partial charge < -0.3 is 15.6 Å². The normalized spacial score (nSPS) is 17.5. The third-order valence-electron chi connectivity index (χ3n) is 4.58. The van der Waals surface area contributed by atoms with Crippen LogP contribution in [0, 0.1) is 5.82 Å². The van der Waals surface area contributed by atoms with E-state index in [9.17, 15) is 12.8 Å². The second-order valence-corrected chi connectivity index (χ2v) is 8.60. The minimum Gasteiger partial charge on any atom is -0.361 e. The van der Waals surface area contributed by atoms with Crippen LogP contribution in [-0.4, -0.2) is 62.1 Å². The monoisotopic (exact) mass is 395 g/mol. The van der Waals surface area contributed by atoms with Crippen molar-refractivity contribution < 1.29 is 12.8 Å². The number of aromatic amines is 1. The summed E-state index contributed by atoms with van der Waals surface area (Å²) in [7, 11) is -3.07. The maximum Gasteiger partial charge on any atom is 0.214 e. The van der Waals surface area contributed by atoms with Crippen LogP contribution in [0.4, 0.5) is 4.39 Å². The van der Waals surface area contributed by atoms with Gasteiger partial charge in [0.2, 0.25) is 10.0 Å². The molecule has 3 N–H and O–H groups in total. The molecule has 1 aliphatic rings. The summed E-state index contributed by atoms with van der Waals surface area (Å²) in [5, 5.41) is 7.44. The number of nitrogens with one attached hydrogen (secondary N) is 3. The standard InChI is InChI=1S/C18H26FN5O2S/c1-2-20-18(22-8-10-24-9-3-11-27(24,25)26)21-7-6-14-13-23-17-12-15(19)4-5-16(14)17/h4-5,12-13,23H,2-3,6-11H2,1H3,(H2,20,21,22). The lowest BCUT2D eigenvalue weighted by molar-refractivity contribution is 0.452. The van der Waals surface area contributed by atoms with Gasteiger partial charge in [-0.2, -0.15) is 0 Å². The van der Waals surface area contributed by atoms with Gasteiger partial charge in [-0.3, -0.25) is 4.99 Å². The molecule has 1 saturated heterocycles. The SMILES string of the molecule is CCNC(=NCCN1CCCS1(=O)=O)NCCc1c[nH]c2cc(F)ccc12. The van der Waals surface area contributed by atoms with Crippen molar-refractivity contribution in [1.29, 1.82) is 0 Å². The van der Waals surface area contributed by atoms with Crippen molar-refractivity contribution in [3.05, 3.63) is 35.8 Å². The average Bonchev–Trinajstić information content (AvgIpc) is 3.17. The minimum absolute atomic E-state index is 0.240. The molecule has 0 aliphatic carbocycles. The van der Waals surface area contributed by atoms with Gasteiger partial charge in [-0.15, -0.1) is 0 Å². The van der Waals surface area contributed by atoms with E-state index >= 15 is 0 Å². The number of aliphatic imine (C=N–C) groups is 1. The summed E-state index contributed by atoms with van der Waals surface area (Å²) in [5.41, 5.74) is 1.90. The second kappa shape index (κ2) is 8.71. The van der Waals surface area contributed by atoms with Crippen LogP contribution in [0.5, 0.6) is 0 Å². The Morgan fingerprint density at radius 3 is 2.96 bits per heavy atom. The molecule has 0 amide bonds. The van der Waals surface area contributed by atoms with Crippen molar-refractivity contribution in [2.45, 2.75) is 19.8 Å². The number of benzene rings is 1. The van der Waals surface area contributed by atoms with E-state index < -0.39 is 10.0 Å². The maximum absolute atomic E-state index is 13.3. The van der Waals surface area contributed by atoms with Crippen molar-refractivity contribution in [2.75, 3.05) is 38.5 Å². The Morgan fingerprint density at radius 1 is 1.37 bits per heavy atom. The third kappa shape index (κ3) is 4.98. The number of rotatable bonds is 7. The highest BCUT2D eigenvalue weighted by Gasteiger charge is 2.27. The Kier molecular flexibility index (Phi) is 6.33.